The lowest BCUT2D eigenvalue weighted by Crippen LogP contribution is -2.27. The van der Waals surface area contributed by atoms with Gasteiger partial charge in [-0.2, -0.15) is 0 Å². The minimum atomic E-state index is -0.111. The summed E-state index contributed by atoms with van der Waals surface area (Å²) < 4.78 is 11.5. The van der Waals surface area contributed by atoms with Crippen molar-refractivity contribution in [2.45, 2.75) is 45.5 Å². The molecule has 0 fully saturated rings. The molecule has 1 aliphatic rings. The van der Waals surface area contributed by atoms with Crippen molar-refractivity contribution < 1.29 is 9.47 Å². The van der Waals surface area contributed by atoms with Gasteiger partial charge in [-0.05, 0) is 25.2 Å². The van der Waals surface area contributed by atoms with Gasteiger partial charge in [0.2, 0.25) is 0 Å². The van der Waals surface area contributed by atoms with E-state index in [1.54, 1.807) is 0 Å². The van der Waals surface area contributed by atoms with E-state index in [-0.39, 0.29) is 12.4 Å². The van der Waals surface area contributed by atoms with Crippen LogP contribution in [0.25, 0.3) is 0 Å². The minimum absolute atomic E-state index is 0.111. The highest BCUT2D eigenvalue weighted by molar-refractivity contribution is 9.09. The summed E-state index contributed by atoms with van der Waals surface area (Å²) in [7, 11) is 0. The van der Waals surface area contributed by atoms with Crippen LogP contribution in [-0.2, 0) is 9.47 Å². The van der Waals surface area contributed by atoms with Gasteiger partial charge < -0.3 is 9.47 Å². The summed E-state index contributed by atoms with van der Waals surface area (Å²) in [6.07, 6.45) is 8.00. The Morgan fingerprint density at radius 1 is 1.47 bits per heavy atom. The van der Waals surface area contributed by atoms with E-state index in [1.165, 1.54) is 12.8 Å². The molecule has 0 heterocycles. The highest BCUT2D eigenvalue weighted by Crippen LogP contribution is 2.16. The molecular formula is C12H21BrO2. The summed E-state index contributed by atoms with van der Waals surface area (Å²) in [6.45, 7) is 5.05. The van der Waals surface area contributed by atoms with E-state index < -0.39 is 0 Å². The Morgan fingerprint density at radius 2 is 2.27 bits per heavy atom. The van der Waals surface area contributed by atoms with Crippen LogP contribution in [-0.4, -0.2) is 24.3 Å². The molecule has 88 valence electrons. The number of ether oxygens (including phenoxy) is 2. The third kappa shape index (κ3) is 5.69. The van der Waals surface area contributed by atoms with Gasteiger partial charge in [-0.1, -0.05) is 41.9 Å². The molecule has 1 rings (SSSR count). The molecule has 0 saturated heterocycles. The lowest BCUT2D eigenvalue weighted by atomic mass is 10.1. The fourth-order valence-corrected chi connectivity index (χ4v) is 1.85. The number of alkyl halides is 1. The number of hydrogen-bond acceptors (Lipinski definition) is 2. The predicted molar refractivity (Wildman–Crippen MR) is 66.2 cm³/mol. The molecule has 0 bridgehead atoms. The van der Waals surface area contributed by atoms with Gasteiger partial charge in [0.1, 0.15) is 0 Å². The zero-order chi connectivity index (χ0) is 11.1. The third-order valence-electron chi connectivity index (χ3n) is 2.28. The van der Waals surface area contributed by atoms with Gasteiger partial charge >= 0.3 is 0 Å². The second-order valence-corrected chi connectivity index (χ2v) is 4.99. The second-order valence-electron chi connectivity index (χ2n) is 4.34. The van der Waals surface area contributed by atoms with Gasteiger partial charge in [-0.25, -0.2) is 0 Å². The van der Waals surface area contributed by atoms with Crippen molar-refractivity contribution in [3.63, 3.8) is 0 Å². The van der Waals surface area contributed by atoms with Crippen molar-refractivity contribution in [1.82, 2.24) is 0 Å². The molecule has 2 unspecified atom stereocenters. The maximum absolute atomic E-state index is 5.84. The molecule has 0 aromatic carbocycles. The molecule has 15 heavy (non-hydrogen) atoms. The number of rotatable bonds is 6. The van der Waals surface area contributed by atoms with E-state index in [0.717, 1.165) is 18.4 Å². The number of halogens is 1. The average molecular weight is 277 g/mol. The topological polar surface area (TPSA) is 18.5 Å². The highest BCUT2D eigenvalue weighted by atomic mass is 79.9. The SMILES string of the molecule is CC(C)COC(CBr)OC1C=CCCC1. The van der Waals surface area contributed by atoms with Crippen molar-refractivity contribution in [2.24, 2.45) is 5.92 Å². The van der Waals surface area contributed by atoms with Crippen LogP contribution < -0.4 is 0 Å². The maximum Gasteiger partial charge on any atom is 0.167 e. The average Bonchev–Trinajstić information content (AvgIpc) is 2.25. The van der Waals surface area contributed by atoms with Crippen LogP contribution in [0.2, 0.25) is 0 Å². The van der Waals surface area contributed by atoms with Crippen LogP contribution in [0.3, 0.4) is 0 Å². The third-order valence-corrected chi connectivity index (χ3v) is 2.81. The van der Waals surface area contributed by atoms with Crippen molar-refractivity contribution in [3.8, 4) is 0 Å². The molecule has 1 aliphatic carbocycles. The van der Waals surface area contributed by atoms with E-state index in [4.69, 9.17) is 9.47 Å². The van der Waals surface area contributed by atoms with Crippen molar-refractivity contribution >= 4 is 15.9 Å². The molecule has 0 aromatic heterocycles. The van der Waals surface area contributed by atoms with E-state index in [2.05, 4.69) is 41.9 Å². The first-order chi connectivity index (χ1) is 7.22. The van der Waals surface area contributed by atoms with Gasteiger partial charge in [-0.15, -0.1) is 0 Å². The lowest BCUT2D eigenvalue weighted by molar-refractivity contribution is -0.152. The second kappa shape index (κ2) is 7.42. The monoisotopic (exact) mass is 276 g/mol. The Bertz CT molecular complexity index is 192. The lowest BCUT2D eigenvalue weighted by Gasteiger charge is -2.24. The van der Waals surface area contributed by atoms with E-state index in [9.17, 15) is 0 Å². The number of hydrogen-bond donors (Lipinski definition) is 0. The smallest absolute Gasteiger partial charge is 0.167 e. The van der Waals surface area contributed by atoms with Crippen molar-refractivity contribution in [3.05, 3.63) is 12.2 Å². The summed E-state index contributed by atoms with van der Waals surface area (Å²) in [6, 6.07) is 0. The summed E-state index contributed by atoms with van der Waals surface area (Å²) >= 11 is 3.42. The van der Waals surface area contributed by atoms with Crippen LogP contribution in [0.1, 0.15) is 33.1 Å². The Labute approximate surface area is 101 Å². The zero-order valence-corrected chi connectivity index (χ0v) is 11.2. The molecule has 3 heteroatoms. The fraction of sp³-hybridized carbons (Fsp3) is 0.833. The summed E-state index contributed by atoms with van der Waals surface area (Å²) in [5, 5.41) is 0.740. The molecule has 0 amide bonds. The fourth-order valence-electron chi connectivity index (χ4n) is 1.51. The molecule has 2 atom stereocenters. The summed E-state index contributed by atoms with van der Waals surface area (Å²) in [5.74, 6) is 0.553. The van der Waals surface area contributed by atoms with Gasteiger partial charge in [0.25, 0.3) is 0 Å². The molecule has 0 aromatic rings. The predicted octanol–water partition coefficient (Wildman–Crippen LogP) is 3.51. The number of allylic oxidation sites excluding steroid dienone is 1. The largest absolute Gasteiger partial charge is 0.351 e. The molecular weight excluding hydrogens is 256 g/mol. The normalized spacial score (nSPS) is 23.3. The van der Waals surface area contributed by atoms with Crippen LogP contribution in [0.4, 0.5) is 0 Å². The Balaban J connectivity index is 2.25. The Hall–Kier alpha value is 0.140. The standard InChI is InChI=1S/C12H21BrO2/c1-10(2)9-14-12(8-13)15-11-6-4-3-5-7-11/h4,6,10-12H,3,5,7-9H2,1-2H3. The maximum atomic E-state index is 5.84. The molecule has 2 nitrogen and oxygen atoms in total. The van der Waals surface area contributed by atoms with Gasteiger partial charge in [0.15, 0.2) is 6.29 Å². The van der Waals surface area contributed by atoms with Crippen LogP contribution >= 0.6 is 15.9 Å². The van der Waals surface area contributed by atoms with Crippen LogP contribution in [0.15, 0.2) is 12.2 Å². The Morgan fingerprint density at radius 3 is 2.80 bits per heavy atom. The first kappa shape index (κ1) is 13.2. The van der Waals surface area contributed by atoms with Crippen molar-refractivity contribution in [2.75, 3.05) is 11.9 Å². The molecule has 0 saturated carbocycles. The molecule has 0 radical (unpaired) electrons. The molecule has 0 aliphatic heterocycles. The minimum Gasteiger partial charge on any atom is -0.351 e. The van der Waals surface area contributed by atoms with Gasteiger partial charge in [-0.3, -0.25) is 0 Å². The van der Waals surface area contributed by atoms with Crippen LogP contribution in [0, 0.1) is 5.92 Å². The zero-order valence-electron chi connectivity index (χ0n) is 9.62. The van der Waals surface area contributed by atoms with E-state index in [0.29, 0.717) is 5.92 Å². The molecule has 0 spiro atoms. The Kier molecular flexibility index (Phi) is 6.53. The van der Waals surface area contributed by atoms with Crippen LogP contribution in [0.5, 0.6) is 0 Å². The van der Waals surface area contributed by atoms with E-state index >= 15 is 0 Å². The first-order valence-electron chi connectivity index (χ1n) is 5.72. The first-order valence-corrected chi connectivity index (χ1v) is 6.84. The van der Waals surface area contributed by atoms with E-state index in [1.807, 2.05) is 0 Å². The quantitative estimate of drug-likeness (QED) is 0.420. The summed E-state index contributed by atoms with van der Waals surface area (Å²) in [4.78, 5) is 0. The molecule has 0 N–H and O–H groups in total. The van der Waals surface area contributed by atoms with Crippen molar-refractivity contribution in [1.29, 1.82) is 0 Å². The summed E-state index contributed by atoms with van der Waals surface area (Å²) in [5.41, 5.74) is 0. The van der Waals surface area contributed by atoms with Gasteiger partial charge in [0.05, 0.1) is 18.0 Å². The highest BCUT2D eigenvalue weighted by Gasteiger charge is 2.15. The van der Waals surface area contributed by atoms with Gasteiger partial charge in [0, 0.05) is 0 Å².